The number of carboxylic acid groups (broad SMARTS) is 1. The molecule has 2 N–H and O–H groups in total. The molecule has 1 aliphatic heterocycles. The van der Waals surface area contributed by atoms with Gasteiger partial charge in [0, 0.05) is 23.7 Å². The number of nitrogens with one attached hydrogen (secondary N) is 1. The van der Waals surface area contributed by atoms with Crippen LogP contribution in [-0.4, -0.2) is 36.0 Å². The fourth-order valence-electron chi connectivity index (χ4n) is 3.38. The van der Waals surface area contributed by atoms with E-state index in [9.17, 15) is 4.79 Å². The van der Waals surface area contributed by atoms with Crippen molar-refractivity contribution in [2.45, 2.75) is 32.7 Å². The first-order valence-electron chi connectivity index (χ1n) is 9.34. The van der Waals surface area contributed by atoms with E-state index in [-0.39, 0.29) is 24.4 Å². The van der Waals surface area contributed by atoms with Crippen molar-refractivity contribution in [3.63, 3.8) is 0 Å². The zero-order valence-corrected chi connectivity index (χ0v) is 17.0. The second kappa shape index (κ2) is 10.2. The van der Waals surface area contributed by atoms with Crippen molar-refractivity contribution in [1.29, 1.82) is 0 Å². The number of benzene rings is 2. The summed E-state index contributed by atoms with van der Waals surface area (Å²) in [4.78, 5) is 16.8. The molecule has 0 bridgehead atoms. The SMILES string of the molecule is Cc1ccccc1C(=NOC[C@H]1CC[C@@H](C(=O)O)CN1)c1ccccc1C.Cl. The Morgan fingerprint density at radius 2 is 1.64 bits per heavy atom. The molecule has 0 radical (unpaired) electrons. The predicted molar refractivity (Wildman–Crippen MR) is 113 cm³/mol. The topological polar surface area (TPSA) is 70.9 Å². The second-order valence-corrected chi connectivity index (χ2v) is 7.08. The molecule has 2 atom stereocenters. The summed E-state index contributed by atoms with van der Waals surface area (Å²) in [6.07, 6.45) is 1.44. The van der Waals surface area contributed by atoms with E-state index in [0.717, 1.165) is 34.4 Å². The third kappa shape index (κ3) is 5.33. The molecule has 0 amide bonds. The van der Waals surface area contributed by atoms with Gasteiger partial charge in [0.05, 0.1) is 5.92 Å². The maximum Gasteiger partial charge on any atom is 0.307 e. The number of rotatable bonds is 6. The van der Waals surface area contributed by atoms with Crippen LogP contribution in [0.25, 0.3) is 0 Å². The molecular formula is C22H27ClN2O3. The Labute approximate surface area is 172 Å². The van der Waals surface area contributed by atoms with Gasteiger partial charge in [0.2, 0.25) is 0 Å². The van der Waals surface area contributed by atoms with Crippen molar-refractivity contribution < 1.29 is 14.7 Å². The average Bonchev–Trinajstić information content (AvgIpc) is 2.67. The molecule has 5 nitrogen and oxygen atoms in total. The number of oxime groups is 1. The molecule has 150 valence electrons. The van der Waals surface area contributed by atoms with Crippen LogP contribution >= 0.6 is 12.4 Å². The molecule has 28 heavy (non-hydrogen) atoms. The van der Waals surface area contributed by atoms with E-state index in [1.807, 2.05) is 24.3 Å². The standard InChI is InChI=1S/C22H26N2O3.ClH/c1-15-7-3-5-9-19(15)21(20-10-6-4-8-16(20)2)24-27-14-18-12-11-17(13-23-18)22(25)26;/h3-10,17-18,23H,11-14H2,1-2H3,(H,25,26);1H/t17-,18-;/m1./s1. The number of aryl methyl sites for hydroxylation is 2. The number of carbonyl (C=O) groups is 1. The molecule has 0 aliphatic carbocycles. The molecule has 1 heterocycles. The van der Waals surface area contributed by atoms with Crippen molar-refractivity contribution in [3.8, 4) is 0 Å². The van der Waals surface area contributed by atoms with Crippen LogP contribution in [0.2, 0.25) is 0 Å². The lowest BCUT2D eigenvalue weighted by Crippen LogP contribution is -2.43. The highest BCUT2D eigenvalue weighted by molar-refractivity contribution is 6.14. The van der Waals surface area contributed by atoms with Crippen molar-refractivity contribution in [2.75, 3.05) is 13.2 Å². The Bertz CT molecular complexity index is 783. The number of hydrogen-bond acceptors (Lipinski definition) is 4. The highest BCUT2D eigenvalue weighted by Crippen LogP contribution is 2.19. The molecule has 0 spiro atoms. The number of hydrogen-bond donors (Lipinski definition) is 2. The van der Waals surface area contributed by atoms with Crippen LogP contribution < -0.4 is 5.32 Å². The molecule has 2 aromatic carbocycles. The summed E-state index contributed by atoms with van der Waals surface area (Å²) in [5, 5.41) is 16.8. The molecule has 2 aromatic rings. The van der Waals surface area contributed by atoms with Crippen molar-refractivity contribution in [1.82, 2.24) is 5.32 Å². The Morgan fingerprint density at radius 3 is 2.11 bits per heavy atom. The normalized spacial score (nSPS) is 18.6. The summed E-state index contributed by atoms with van der Waals surface area (Å²) in [6, 6.07) is 16.4. The monoisotopic (exact) mass is 402 g/mol. The molecule has 0 saturated carbocycles. The van der Waals surface area contributed by atoms with Crippen LogP contribution in [0, 0.1) is 19.8 Å². The lowest BCUT2D eigenvalue weighted by molar-refractivity contribution is -0.142. The van der Waals surface area contributed by atoms with Gasteiger partial charge in [0.25, 0.3) is 0 Å². The molecule has 3 rings (SSSR count). The van der Waals surface area contributed by atoms with Gasteiger partial charge in [-0.05, 0) is 37.8 Å². The van der Waals surface area contributed by atoms with Gasteiger partial charge in [0.1, 0.15) is 12.3 Å². The Kier molecular flexibility index (Phi) is 8.03. The summed E-state index contributed by atoms with van der Waals surface area (Å²) in [5.74, 6) is -1.04. The molecule has 0 unspecified atom stereocenters. The van der Waals surface area contributed by atoms with Crippen LogP contribution in [0.3, 0.4) is 0 Å². The largest absolute Gasteiger partial charge is 0.481 e. The lowest BCUT2D eigenvalue weighted by Gasteiger charge is -2.26. The van der Waals surface area contributed by atoms with E-state index in [0.29, 0.717) is 19.6 Å². The second-order valence-electron chi connectivity index (χ2n) is 7.08. The molecule has 0 aromatic heterocycles. The first-order chi connectivity index (χ1) is 13.1. The quantitative estimate of drug-likeness (QED) is 0.567. The minimum absolute atomic E-state index is 0. The third-order valence-electron chi connectivity index (χ3n) is 5.10. The summed E-state index contributed by atoms with van der Waals surface area (Å²) in [5.41, 5.74) is 5.21. The van der Waals surface area contributed by atoms with E-state index in [1.54, 1.807) is 0 Å². The fourth-order valence-corrected chi connectivity index (χ4v) is 3.38. The van der Waals surface area contributed by atoms with Crippen LogP contribution in [0.15, 0.2) is 53.7 Å². The lowest BCUT2D eigenvalue weighted by atomic mass is 9.95. The molecule has 1 aliphatic rings. The van der Waals surface area contributed by atoms with Crippen LogP contribution in [-0.2, 0) is 9.63 Å². The van der Waals surface area contributed by atoms with Crippen LogP contribution in [0.4, 0.5) is 0 Å². The number of nitrogens with zero attached hydrogens (tertiary/aromatic N) is 1. The van der Waals surface area contributed by atoms with E-state index in [4.69, 9.17) is 9.94 Å². The number of halogens is 1. The van der Waals surface area contributed by atoms with Gasteiger partial charge in [-0.3, -0.25) is 4.79 Å². The van der Waals surface area contributed by atoms with E-state index in [2.05, 4.69) is 48.6 Å². The molecule has 1 saturated heterocycles. The number of aliphatic carboxylic acids is 1. The minimum Gasteiger partial charge on any atom is -0.481 e. The summed E-state index contributed by atoms with van der Waals surface area (Å²) in [7, 11) is 0. The van der Waals surface area contributed by atoms with Crippen LogP contribution in [0.1, 0.15) is 35.1 Å². The molecule has 1 fully saturated rings. The fraction of sp³-hybridized carbons (Fsp3) is 0.364. The van der Waals surface area contributed by atoms with Crippen molar-refractivity contribution in [3.05, 3.63) is 70.8 Å². The number of piperidine rings is 1. The summed E-state index contributed by atoms with van der Waals surface area (Å²) < 4.78 is 0. The Morgan fingerprint density at radius 1 is 1.07 bits per heavy atom. The first kappa shape index (κ1) is 21.9. The maximum absolute atomic E-state index is 11.0. The first-order valence-corrected chi connectivity index (χ1v) is 9.34. The van der Waals surface area contributed by atoms with Gasteiger partial charge in [-0.2, -0.15) is 0 Å². The van der Waals surface area contributed by atoms with Gasteiger partial charge in [-0.1, -0.05) is 53.7 Å². The Balaban J connectivity index is 0.00000280. The van der Waals surface area contributed by atoms with Gasteiger partial charge >= 0.3 is 5.97 Å². The highest BCUT2D eigenvalue weighted by Gasteiger charge is 2.25. The maximum atomic E-state index is 11.0. The van der Waals surface area contributed by atoms with Gasteiger partial charge in [-0.15, -0.1) is 12.4 Å². The van der Waals surface area contributed by atoms with Gasteiger partial charge < -0.3 is 15.3 Å². The van der Waals surface area contributed by atoms with Crippen molar-refractivity contribution in [2.24, 2.45) is 11.1 Å². The minimum atomic E-state index is -0.735. The zero-order chi connectivity index (χ0) is 19.2. The number of carboxylic acids is 1. The third-order valence-corrected chi connectivity index (χ3v) is 5.10. The van der Waals surface area contributed by atoms with E-state index >= 15 is 0 Å². The summed E-state index contributed by atoms with van der Waals surface area (Å²) >= 11 is 0. The Hall–Kier alpha value is -2.37. The zero-order valence-electron chi connectivity index (χ0n) is 16.2. The predicted octanol–water partition coefficient (Wildman–Crippen LogP) is 3.95. The molecular weight excluding hydrogens is 376 g/mol. The van der Waals surface area contributed by atoms with Crippen molar-refractivity contribution >= 4 is 24.1 Å². The smallest absolute Gasteiger partial charge is 0.307 e. The van der Waals surface area contributed by atoms with E-state index < -0.39 is 5.97 Å². The van der Waals surface area contributed by atoms with E-state index in [1.165, 1.54) is 0 Å². The van der Waals surface area contributed by atoms with Gasteiger partial charge in [-0.25, -0.2) is 0 Å². The summed E-state index contributed by atoms with van der Waals surface area (Å²) in [6.45, 7) is 5.04. The van der Waals surface area contributed by atoms with Gasteiger partial charge in [0.15, 0.2) is 0 Å². The average molecular weight is 403 g/mol. The molecule has 6 heteroatoms. The highest BCUT2D eigenvalue weighted by atomic mass is 35.5. The van der Waals surface area contributed by atoms with Crippen LogP contribution in [0.5, 0.6) is 0 Å².